The summed E-state index contributed by atoms with van der Waals surface area (Å²) in [6.45, 7) is 0. The zero-order chi connectivity index (χ0) is 30.0. The summed E-state index contributed by atoms with van der Waals surface area (Å²) in [5.74, 6) is 0.322. The lowest BCUT2D eigenvalue weighted by atomic mass is 9.70. The molecule has 0 saturated carbocycles. The van der Waals surface area contributed by atoms with Gasteiger partial charge in [-0.25, -0.2) is 0 Å². The number of nitrogens with one attached hydrogen (secondary N) is 1. The molecule has 0 amide bonds. The Morgan fingerprint density at radius 1 is 0.378 bits per heavy atom. The van der Waals surface area contributed by atoms with Gasteiger partial charge in [0, 0.05) is 22.5 Å². The minimum absolute atomic E-state index is 0.322. The highest BCUT2D eigenvalue weighted by atomic mass is 16.3. The fourth-order valence-corrected chi connectivity index (χ4v) is 7.69. The summed E-state index contributed by atoms with van der Waals surface area (Å²) in [4.78, 5) is 0. The Bertz CT molecular complexity index is 2190. The number of phenols is 1. The molecule has 0 saturated heterocycles. The number of anilines is 2. The van der Waals surface area contributed by atoms with Gasteiger partial charge in [-0.2, -0.15) is 0 Å². The number of rotatable bonds is 4. The van der Waals surface area contributed by atoms with Crippen molar-refractivity contribution in [2.75, 3.05) is 5.32 Å². The second-order valence-electron chi connectivity index (χ2n) is 11.9. The van der Waals surface area contributed by atoms with E-state index in [-0.39, 0.29) is 0 Å². The summed E-state index contributed by atoms with van der Waals surface area (Å²) in [6.07, 6.45) is 0. The van der Waals surface area contributed by atoms with Crippen LogP contribution in [0.2, 0.25) is 0 Å². The highest BCUT2D eigenvalue weighted by molar-refractivity contribution is 5.99. The van der Waals surface area contributed by atoms with Crippen molar-refractivity contribution in [1.82, 2.24) is 0 Å². The highest BCUT2D eigenvalue weighted by Crippen LogP contribution is 2.65. The molecule has 0 aromatic heterocycles. The molecular weight excluding hydrogens is 546 g/mol. The monoisotopic (exact) mass is 575 g/mol. The quantitative estimate of drug-likeness (QED) is 0.219. The van der Waals surface area contributed by atoms with E-state index in [1.165, 1.54) is 38.9 Å². The van der Waals surface area contributed by atoms with Crippen LogP contribution in [0.3, 0.4) is 0 Å². The topological polar surface area (TPSA) is 32.3 Å². The zero-order valence-electron chi connectivity index (χ0n) is 24.5. The number of benzene rings is 7. The number of hydrogen-bond acceptors (Lipinski definition) is 2. The first-order chi connectivity index (χ1) is 22.2. The molecule has 212 valence electrons. The van der Waals surface area contributed by atoms with Gasteiger partial charge in [-0.15, -0.1) is 0 Å². The lowest BCUT2D eigenvalue weighted by molar-refractivity contribution is 0.479. The van der Waals surface area contributed by atoms with Crippen molar-refractivity contribution in [3.05, 3.63) is 186 Å². The van der Waals surface area contributed by atoms with Crippen LogP contribution in [0.1, 0.15) is 22.3 Å². The van der Waals surface area contributed by atoms with Gasteiger partial charge >= 0.3 is 0 Å². The van der Waals surface area contributed by atoms with Gasteiger partial charge in [-0.1, -0.05) is 140 Å². The van der Waals surface area contributed by atoms with Crippen molar-refractivity contribution >= 4 is 11.4 Å². The van der Waals surface area contributed by atoms with Crippen molar-refractivity contribution in [1.29, 1.82) is 0 Å². The third-order valence-corrected chi connectivity index (χ3v) is 9.59. The molecule has 1 spiro atoms. The van der Waals surface area contributed by atoms with Crippen molar-refractivity contribution in [3.8, 4) is 50.3 Å². The Labute approximate surface area is 262 Å². The molecule has 2 nitrogen and oxygen atoms in total. The Balaban J connectivity index is 1.24. The Kier molecular flexibility index (Phi) is 5.60. The summed E-state index contributed by atoms with van der Waals surface area (Å²) in [5, 5.41) is 15.8. The third-order valence-electron chi connectivity index (χ3n) is 9.59. The van der Waals surface area contributed by atoms with Crippen molar-refractivity contribution < 1.29 is 5.11 Å². The Hall–Kier alpha value is -5.86. The Morgan fingerprint density at radius 2 is 0.889 bits per heavy atom. The van der Waals surface area contributed by atoms with Gasteiger partial charge in [0.05, 0.1) is 5.41 Å². The van der Waals surface area contributed by atoms with Gasteiger partial charge in [0.25, 0.3) is 0 Å². The molecule has 2 N–H and O–H groups in total. The molecule has 7 aromatic rings. The number of phenolic OH excluding ortho intramolecular Hbond substituents is 1. The predicted octanol–water partition coefficient (Wildman–Crippen LogP) is 10.8. The maximum Gasteiger partial charge on any atom is 0.131 e. The fraction of sp³-hybridized carbons (Fsp3) is 0.0233. The first kappa shape index (κ1) is 25.6. The van der Waals surface area contributed by atoms with E-state index < -0.39 is 5.41 Å². The summed E-state index contributed by atoms with van der Waals surface area (Å²) in [7, 11) is 0. The molecule has 0 bridgehead atoms. The molecule has 2 heteroatoms. The standard InChI is InChI=1S/C43H29NO/c45-42-33(30-13-5-2-6-14-30)24-26-40-41(42)36-27-32(44-31-21-19-29(20-22-31)28-11-3-1-4-12-28)23-25-39(36)43(40)37-17-9-7-15-34(37)35-16-8-10-18-38(35)43/h1-27,44-45H. The summed E-state index contributed by atoms with van der Waals surface area (Å²) in [5.41, 5.74) is 15.0. The normalized spacial score (nSPS) is 13.2. The van der Waals surface area contributed by atoms with Crippen LogP contribution in [0.5, 0.6) is 5.75 Å². The molecule has 0 heterocycles. The average Bonchev–Trinajstić information content (AvgIpc) is 3.57. The molecule has 9 rings (SSSR count). The van der Waals surface area contributed by atoms with Gasteiger partial charge < -0.3 is 10.4 Å². The number of hydrogen-bond donors (Lipinski definition) is 2. The largest absolute Gasteiger partial charge is 0.507 e. The molecular formula is C43H29NO. The molecule has 0 fully saturated rings. The minimum Gasteiger partial charge on any atom is -0.507 e. The predicted molar refractivity (Wildman–Crippen MR) is 185 cm³/mol. The van der Waals surface area contributed by atoms with Crippen LogP contribution >= 0.6 is 0 Å². The van der Waals surface area contributed by atoms with Crippen molar-refractivity contribution in [2.45, 2.75) is 5.41 Å². The summed E-state index contributed by atoms with van der Waals surface area (Å²) < 4.78 is 0. The van der Waals surface area contributed by atoms with E-state index in [0.717, 1.165) is 39.2 Å². The maximum atomic E-state index is 12.1. The molecule has 2 aliphatic rings. The Morgan fingerprint density at radius 3 is 1.56 bits per heavy atom. The number of fused-ring (bicyclic) bond motifs is 10. The van der Waals surface area contributed by atoms with E-state index in [1.54, 1.807) is 0 Å². The molecule has 0 aliphatic heterocycles. The first-order valence-electron chi connectivity index (χ1n) is 15.4. The summed E-state index contributed by atoms with van der Waals surface area (Å²) >= 11 is 0. The molecule has 45 heavy (non-hydrogen) atoms. The van der Waals surface area contributed by atoms with E-state index in [4.69, 9.17) is 0 Å². The van der Waals surface area contributed by atoms with Crippen LogP contribution in [-0.4, -0.2) is 5.11 Å². The average molecular weight is 576 g/mol. The molecule has 0 radical (unpaired) electrons. The van der Waals surface area contributed by atoms with Crippen molar-refractivity contribution in [2.24, 2.45) is 0 Å². The second-order valence-corrected chi connectivity index (χ2v) is 11.9. The minimum atomic E-state index is -0.513. The second kappa shape index (κ2) is 9.83. The van der Waals surface area contributed by atoms with Gasteiger partial charge in [0.2, 0.25) is 0 Å². The van der Waals surface area contributed by atoms with Gasteiger partial charge in [-0.05, 0) is 79.9 Å². The SMILES string of the molecule is Oc1c(-c2ccccc2)ccc2c1-c1cc(Nc3ccc(-c4ccccc4)cc3)ccc1C21c2ccccc2-c2ccccc21. The first-order valence-corrected chi connectivity index (χ1v) is 15.4. The van der Waals surface area contributed by atoms with Gasteiger partial charge in [0.1, 0.15) is 5.75 Å². The third kappa shape index (κ3) is 3.69. The van der Waals surface area contributed by atoms with Crippen LogP contribution in [0, 0.1) is 0 Å². The smallest absolute Gasteiger partial charge is 0.131 e. The maximum absolute atomic E-state index is 12.1. The zero-order valence-corrected chi connectivity index (χ0v) is 24.5. The van der Waals surface area contributed by atoms with Gasteiger partial charge in [-0.3, -0.25) is 0 Å². The summed E-state index contributed by atoms with van der Waals surface area (Å²) in [6, 6.07) is 57.6. The molecule has 7 aromatic carbocycles. The molecule has 0 atom stereocenters. The lowest BCUT2D eigenvalue weighted by Gasteiger charge is -2.30. The van der Waals surface area contributed by atoms with E-state index in [1.807, 2.05) is 24.3 Å². The molecule has 2 aliphatic carbocycles. The van der Waals surface area contributed by atoms with Crippen LogP contribution in [0.4, 0.5) is 11.4 Å². The van der Waals surface area contributed by atoms with E-state index >= 15 is 0 Å². The van der Waals surface area contributed by atoms with E-state index in [2.05, 4.69) is 145 Å². The van der Waals surface area contributed by atoms with E-state index in [0.29, 0.717) is 5.75 Å². The van der Waals surface area contributed by atoms with Crippen LogP contribution < -0.4 is 5.32 Å². The van der Waals surface area contributed by atoms with Crippen LogP contribution in [0.15, 0.2) is 164 Å². The highest BCUT2D eigenvalue weighted by Gasteiger charge is 2.52. The van der Waals surface area contributed by atoms with Crippen LogP contribution in [0.25, 0.3) is 44.5 Å². The van der Waals surface area contributed by atoms with Crippen molar-refractivity contribution in [3.63, 3.8) is 0 Å². The number of aromatic hydroxyl groups is 1. The van der Waals surface area contributed by atoms with E-state index in [9.17, 15) is 5.11 Å². The lowest BCUT2D eigenvalue weighted by Crippen LogP contribution is -2.25. The fourth-order valence-electron chi connectivity index (χ4n) is 7.69. The van der Waals surface area contributed by atoms with Gasteiger partial charge in [0.15, 0.2) is 0 Å². The molecule has 0 unspecified atom stereocenters. The van der Waals surface area contributed by atoms with Crippen LogP contribution in [-0.2, 0) is 5.41 Å².